The largest absolute Gasteiger partial charge is 0.497 e. The highest BCUT2D eigenvalue weighted by molar-refractivity contribution is 5.90. The van der Waals surface area contributed by atoms with E-state index in [2.05, 4.69) is 4.74 Å². The molecular formula is C12H14O3. The second kappa shape index (κ2) is 5.20. The Labute approximate surface area is 89.3 Å². The standard InChI is InChI=1S/C12H14O3/c1-9(7-12(13)15-3)10-5-4-6-11(8-10)14-2/h4-8H,1-3H3/b9-7+. The number of esters is 1. The molecule has 0 aliphatic rings. The van der Waals surface area contributed by atoms with Crippen molar-refractivity contribution in [2.45, 2.75) is 6.92 Å². The van der Waals surface area contributed by atoms with Crippen molar-refractivity contribution in [3.63, 3.8) is 0 Å². The van der Waals surface area contributed by atoms with Crippen LogP contribution in [0, 0.1) is 0 Å². The lowest BCUT2D eigenvalue weighted by molar-refractivity contribution is -0.134. The molecule has 0 aromatic heterocycles. The van der Waals surface area contributed by atoms with E-state index in [1.54, 1.807) is 7.11 Å². The zero-order valence-corrected chi connectivity index (χ0v) is 9.11. The van der Waals surface area contributed by atoms with Gasteiger partial charge in [0.05, 0.1) is 14.2 Å². The average Bonchev–Trinajstić information content (AvgIpc) is 2.28. The molecule has 3 nitrogen and oxygen atoms in total. The lowest BCUT2D eigenvalue weighted by Crippen LogP contribution is -1.95. The third-order valence-corrected chi connectivity index (χ3v) is 2.06. The van der Waals surface area contributed by atoms with Crippen LogP contribution >= 0.6 is 0 Å². The van der Waals surface area contributed by atoms with E-state index in [4.69, 9.17) is 4.74 Å². The summed E-state index contributed by atoms with van der Waals surface area (Å²) in [6, 6.07) is 7.52. The molecule has 80 valence electrons. The van der Waals surface area contributed by atoms with Crippen molar-refractivity contribution in [3.8, 4) is 5.75 Å². The van der Waals surface area contributed by atoms with Gasteiger partial charge in [-0.2, -0.15) is 0 Å². The van der Waals surface area contributed by atoms with Gasteiger partial charge in [0.15, 0.2) is 0 Å². The number of carbonyl (C=O) groups is 1. The van der Waals surface area contributed by atoms with Crippen LogP contribution < -0.4 is 4.74 Å². The highest BCUT2D eigenvalue weighted by Gasteiger charge is 2.01. The van der Waals surface area contributed by atoms with Gasteiger partial charge in [0.2, 0.25) is 0 Å². The molecule has 1 rings (SSSR count). The smallest absolute Gasteiger partial charge is 0.330 e. The van der Waals surface area contributed by atoms with E-state index in [1.165, 1.54) is 13.2 Å². The molecular weight excluding hydrogens is 192 g/mol. The fourth-order valence-electron chi connectivity index (χ4n) is 1.19. The first-order chi connectivity index (χ1) is 7.17. The summed E-state index contributed by atoms with van der Waals surface area (Å²) in [5.41, 5.74) is 1.79. The summed E-state index contributed by atoms with van der Waals surface area (Å²) >= 11 is 0. The highest BCUT2D eigenvalue weighted by Crippen LogP contribution is 2.19. The molecule has 15 heavy (non-hydrogen) atoms. The van der Waals surface area contributed by atoms with Crippen LogP contribution in [0.3, 0.4) is 0 Å². The SMILES string of the molecule is COC(=O)/C=C(\C)c1cccc(OC)c1. The summed E-state index contributed by atoms with van der Waals surface area (Å²) in [6.45, 7) is 1.85. The second-order valence-electron chi connectivity index (χ2n) is 3.08. The van der Waals surface area contributed by atoms with E-state index in [0.717, 1.165) is 16.9 Å². The normalized spacial score (nSPS) is 11.0. The molecule has 1 aromatic rings. The Kier molecular flexibility index (Phi) is 3.92. The molecule has 0 saturated heterocycles. The van der Waals surface area contributed by atoms with Crippen molar-refractivity contribution in [1.29, 1.82) is 0 Å². The molecule has 0 aliphatic heterocycles. The van der Waals surface area contributed by atoms with Crippen LogP contribution in [0.2, 0.25) is 0 Å². The molecule has 0 fully saturated rings. The van der Waals surface area contributed by atoms with Crippen LogP contribution in [0.25, 0.3) is 5.57 Å². The van der Waals surface area contributed by atoms with Crippen LogP contribution in [0.15, 0.2) is 30.3 Å². The molecule has 0 bridgehead atoms. The van der Waals surface area contributed by atoms with Crippen LogP contribution in [0.5, 0.6) is 5.75 Å². The number of benzene rings is 1. The maximum Gasteiger partial charge on any atom is 0.330 e. The first kappa shape index (κ1) is 11.3. The van der Waals surface area contributed by atoms with Crippen LogP contribution in [-0.4, -0.2) is 20.2 Å². The number of rotatable bonds is 3. The Balaban J connectivity index is 2.95. The molecule has 0 unspecified atom stereocenters. The maximum absolute atomic E-state index is 11.0. The summed E-state index contributed by atoms with van der Waals surface area (Å²) in [7, 11) is 2.97. The summed E-state index contributed by atoms with van der Waals surface area (Å²) in [5, 5.41) is 0. The molecule has 3 heteroatoms. The van der Waals surface area contributed by atoms with Gasteiger partial charge in [0, 0.05) is 6.08 Å². The van der Waals surface area contributed by atoms with E-state index < -0.39 is 0 Å². The summed E-state index contributed by atoms with van der Waals surface area (Å²) in [5.74, 6) is 0.417. The van der Waals surface area contributed by atoms with Gasteiger partial charge in [-0.25, -0.2) is 4.79 Å². The Hall–Kier alpha value is -1.77. The van der Waals surface area contributed by atoms with Gasteiger partial charge in [-0.3, -0.25) is 0 Å². The van der Waals surface area contributed by atoms with E-state index in [1.807, 2.05) is 31.2 Å². The molecule has 0 atom stereocenters. The molecule has 0 saturated carbocycles. The average molecular weight is 206 g/mol. The Morgan fingerprint density at radius 2 is 2.07 bits per heavy atom. The van der Waals surface area contributed by atoms with Crippen LogP contribution in [0.1, 0.15) is 12.5 Å². The molecule has 0 N–H and O–H groups in total. The van der Waals surface area contributed by atoms with Crippen molar-refractivity contribution in [2.75, 3.05) is 14.2 Å². The summed E-state index contributed by atoms with van der Waals surface area (Å²) in [4.78, 5) is 11.0. The van der Waals surface area contributed by atoms with Gasteiger partial charge in [0.1, 0.15) is 5.75 Å². The lowest BCUT2D eigenvalue weighted by atomic mass is 10.1. The highest BCUT2D eigenvalue weighted by atomic mass is 16.5. The van der Waals surface area contributed by atoms with Crippen LogP contribution in [-0.2, 0) is 9.53 Å². The van der Waals surface area contributed by atoms with E-state index >= 15 is 0 Å². The monoisotopic (exact) mass is 206 g/mol. The van der Waals surface area contributed by atoms with Gasteiger partial charge in [0.25, 0.3) is 0 Å². The molecule has 0 radical (unpaired) electrons. The number of methoxy groups -OCH3 is 2. The van der Waals surface area contributed by atoms with E-state index in [-0.39, 0.29) is 5.97 Å². The van der Waals surface area contributed by atoms with Gasteiger partial charge < -0.3 is 9.47 Å². The predicted octanol–water partition coefficient (Wildman–Crippen LogP) is 2.27. The van der Waals surface area contributed by atoms with E-state index in [0.29, 0.717) is 0 Å². The molecule has 1 aromatic carbocycles. The third kappa shape index (κ3) is 3.13. The third-order valence-electron chi connectivity index (χ3n) is 2.06. The number of hydrogen-bond donors (Lipinski definition) is 0. The number of ether oxygens (including phenoxy) is 2. The van der Waals surface area contributed by atoms with Crippen molar-refractivity contribution < 1.29 is 14.3 Å². The molecule has 0 amide bonds. The van der Waals surface area contributed by atoms with E-state index in [9.17, 15) is 4.79 Å². The second-order valence-corrected chi connectivity index (χ2v) is 3.08. The van der Waals surface area contributed by atoms with Gasteiger partial charge in [-0.1, -0.05) is 12.1 Å². The maximum atomic E-state index is 11.0. The van der Waals surface area contributed by atoms with Gasteiger partial charge in [-0.05, 0) is 30.2 Å². The number of hydrogen-bond acceptors (Lipinski definition) is 3. The minimum atomic E-state index is -0.352. The van der Waals surface area contributed by atoms with Gasteiger partial charge in [-0.15, -0.1) is 0 Å². The van der Waals surface area contributed by atoms with Crippen LogP contribution in [0.4, 0.5) is 0 Å². The first-order valence-corrected chi connectivity index (χ1v) is 4.58. The first-order valence-electron chi connectivity index (χ1n) is 4.58. The minimum absolute atomic E-state index is 0.352. The molecule has 0 aliphatic carbocycles. The van der Waals surface area contributed by atoms with Crippen molar-refractivity contribution in [2.24, 2.45) is 0 Å². The van der Waals surface area contributed by atoms with Crippen molar-refractivity contribution in [1.82, 2.24) is 0 Å². The zero-order chi connectivity index (χ0) is 11.3. The quantitative estimate of drug-likeness (QED) is 0.562. The zero-order valence-electron chi connectivity index (χ0n) is 9.11. The Morgan fingerprint density at radius 3 is 2.67 bits per heavy atom. The Bertz CT molecular complexity index is 380. The van der Waals surface area contributed by atoms with Crippen molar-refractivity contribution in [3.05, 3.63) is 35.9 Å². The van der Waals surface area contributed by atoms with Gasteiger partial charge >= 0.3 is 5.97 Å². The predicted molar refractivity (Wildman–Crippen MR) is 58.7 cm³/mol. The summed E-state index contributed by atoms with van der Waals surface area (Å²) in [6.07, 6.45) is 1.45. The lowest BCUT2D eigenvalue weighted by Gasteiger charge is -2.04. The number of allylic oxidation sites excluding steroid dienone is 1. The van der Waals surface area contributed by atoms with Crippen molar-refractivity contribution >= 4 is 11.5 Å². The topological polar surface area (TPSA) is 35.5 Å². The molecule has 0 spiro atoms. The fraction of sp³-hybridized carbons (Fsp3) is 0.250. The minimum Gasteiger partial charge on any atom is -0.497 e. The fourth-order valence-corrected chi connectivity index (χ4v) is 1.19. The Morgan fingerprint density at radius 1 is 1.33 bits per heavy atom. The number of carbonyl (C=O) groups excluding carboxylic acids is 1. The summed E-state index contributed by atoms with van der Waals surface area (Å²) < 4.78 is 9.65. The molecule has 0 heterocycles.